The van der Waals surface area contributed by atoms with Gasteiger partial charge in [-0.3, -0.25) is 4.79 Å². The van der Waals surface area contributed by atoms with E-state index < -0.39 is 0 Å². The molecule has 0 aliphatic rings. The first-order chi connectivity index (χ1) is 10.6. The summed E-state index contributed by atoms with van der Waals surface area (Å²) in [4.78, 5) is 11.9. The summed E-state index contributed by atoms with van der Waals surface area (Å²) in [5.41, 5.74) is 2.78. The summed E-state index contributed by atoms with van der Waals surface area (Å²) in [6.45, 7) is 2.30. The number of aryl methyl sites for hydroxylation is 1. The molecule has 22 heavy (non-hydrogen) atoms. The number of furan rings is 1. The molecule has 0 spiro atoms. The highest BCUT2D eigenvalue weighted by molar-refractivity contribution is 9.10. The molecule has 2 heterocycles. The van der Waals surface area contributed by atoms with Crippen LogP contribution >= 0.6 is 15.9 Å². The number of hydrogen-bond acceptors (Lipinski definition) is 4. The van der Waals surface area contributed by atoms with Gasteiger partial charge in [0, 0.05) is 11.6 Å². The second-order valence-electron chi connectivity index (χ2n) is 4.83. The lowest BCUT2D eigenvalue weighted by atomic mass is 10.1. The smallest absolute Gasteiger partial charge is 0.287 e. The summed E-state index contributed by atoms with van der Waals surface area (Å²) in [5, 5.41) is 6.68. The molecule has 0 unspecified atom stereocenters. The Kier molecular flexibility index (Phi) is 4.11. The SMILES string of the molecule is Cc1ccc(-c2cc(CNC(=O)c3ccc(Br)o3)no2)cc1. The standard InChI is InChI=1S/C16H13BrN2O3/c1-10-2-4-11(5-3-10)14-8-12(19-22-14)9-18-16(20)13-6-7-15(17)21-13/h2-8H,9H2,1H3,(H,18,20). The van der Waals surface area contributed by atoms with Crippen molar-refractivity contribution in [2.24, 2.45) is 0 Å². The van der Waals surface area contributed by atoms with Crippen LogP contribution in [0.3, 0.4) is 0 Å². The molecule has 0 atom stereocenters. The number of aromatic nitrogens is 1. The van der Waals surface area contributed by atoms with Gasteiger partial charge in [0.2, 0.25) is 0 Å². The molecule has 5 nitrogen and oxygen atoms in total. The Labute approximate surface area is 135 Å². The van der Waals surface area contributed by atoms with Crippen molar-refractivity contribution in [2.75, 3.05) is 0 Å². The molecule has 112 valence electrons. The summed E-state index contributed by atoms with van der Waals surface area (Å²) < 4.78 is 11.0. The third-order valence-corrected chi connectivity index (χ3v) is 3.55. The monoisotopic (exact) mass is 360 g/mol. The Balaban J connectivity index is 1.64. The highest BCUT2D eigenvalue weighted by atomic mass is 79.9. The van der Waals surface area contributed by atoms with Crippen molar-refractivity contribution in [2.45, 2.75) is 13.5 Å². The Morgan fingerprint density at radius 1 is 1.23 bits per heavy atom. The molecule has 2 aromatic heterocycles. The second-order valence-corrected chi connectivity index (χ2v) is 5.62. The molecular weight excluding hydrogens is 348 g/mol. The first-order valence-electron chi connectivity index (χ1n) is 6.68. The van der Waals surface area contributed by atoms with Gasteiger partial charge in [-0.2, -0.15) is 0 Å². The normalized spacial score (nSPS) is 10.6. The fourth-order valence-electron chi connectivity index (χ4n) is 1.94. The van der Waals surface area contributed by atoms with E-state index in [0.717, 1.165) is 5.56 Å². The van der Waals surface area contributed by atoms with Gasteiger partial charge in [-0.25, -0.2) is 0 Å². The summed E-state index contributed by atoms with van der Waals surface area (Å²) in [6, 6.07) is 13.0. The van der Waals surface area contributed by atoms with Gasteiger partial charge in [0.1, 0.15) is 5.69 Å². The lowest BCUT2D eigenvalue weighted by Gasteiger charge is -1.98. The van der Waals surface area contributed by atoms with E-state index in [1.165, 1.54) is 5.56 Å². The van der Waals surface area contributed by atoms with Crippen LogP contribution in [0.2, 0.25) is 0 Å². The molecule has 1 N–H and O–H groups in total. The molecule has 1 amide bonds. The summed E-state index contributed by atoms with van der Waals surface area (Å²) in [6.07, 6.45) is 0. The highest BCUT2D eigenvalue weighted by Gasteiger charge is 2.12. The van der Waals surface area contributed by atoms with Crippen molar-refractivity contribution in [3.63, 3.8) is 0 Å². The fraction of sp³-hybridized carbons (Fsp3) is 0.125. The molecule has 0 saturated carbocycles. The van der Waals surface area contributed by atoms with E-state index in [2.05, 4.69) is 26.4 Å². The summed E-state index contributed by atoms with van der Waals surface area (Å²) >= 11 is 3.16. The van der Waals surface area contributed by atoms with Gasteiger partial charge in [-0.15, -0.1) is 0 Å². The molecular formula is C16H13BrN2O3. The van der Waals surface area contributed by atoms with Crippen LogP contribution in [-0.2, 0) is 6.54 Å². The van der Waals surface area contributed by atoms with E-state index >= 15 is 0 Å². The van der Waals surface area contributed by atoms with Crippen LogP contribution in [-0.4, -0.2) is 11.1 Å². The van der Waals surface area contributed by atoms with E-state index in [9.17, 15) is 4.79 Å². The average molecular weight is 361 g/mol. The number of rotatable bonds is 4. The maximum absolute atomic E-state index is 11.9. The first-order valence-corrected chi connectivity index (χ1v) is 7.47. The maximum Gasteiger partial charge on any atom is 0.287 e. The maximum atomic E-state index is 11.9. The van der Waals surface area contributed by atoms with Gasteiger partial charge < -0.3 is 14.3 Å². The third kappa shape index (κ3) is 3.28. The predicted octanol–water partition coefficient (Wildman–Crippen LogP) is 3.94. The largest absolute Gasteiger partial charge is 0.444 e. The van der Waals surface area contributed by atoms with Crippen LogP contribution in [0.4, 0.5) is 0 Å². The van der Waals surface area contributed by atoms with Crippen LogP contribution in [0.5, 0.6) is 0 Å². The molecule has 6 heteroatoms. The predicted molar refractivity (Wildman–Crippen MR) is 84.3 cm³/mol. The van der Waals surface area contributed by atoms with E-state index in [0.29, 0.717) is 16.1 Å². The minimum atomic E-state index is -0.300. The quantitative estimate of drug-likeness (QED) is 0.765. The molecule has 0 radical (unpaired) electrons. The fourth-order valence-corrected chi connectivity index (χ4v) is 2.25. The van der Waals surface area contributed by atoms with Crippen molar-refractivity contribution in [1.29, 1.82) is 0 Å². The van der Waals surface area contributed by atoms with Crippen molar-refractivity contribution in [3.05, 3.63) is 64.2 Å². The van der Waals surface area contributed by atoms with Crippen molar-refractivity contribution >= 4 is 21.8 Å². The minimum absolute atomic E-state index is 0.245. The zero-order chi connectivity index (χ0) is 15.5. The first kappa shape index (κ1) is 14.6. The van der Waals surface area contributed by atoms with Gasteiger partial charge >= 0.3 is 0 Å². The number of halogens is 1. The number of carbonyl (C=O) groups is 1. The van der Waals surface area contributed by atoms with Crippen LogP contribution in [0, 0.1) is 6.92 Å². The molecule has 3 rings (SSSR count). The number of nitrogens with zero attached hydrogens (tertiary/aromatic N) is 1. The topological polar surface area (TPSA) is 68.3 Å². The third-order valence-electron chi connectivity index (χ3n) is 3.12. The lowest BCUT2D eigenvalue weighted by Crippen LogP contribution is -2.22. The Hall–Kier alpha value is -2.34. The zero-order valence-corrected chi connectivity index (χ0v) is 13.4. The highest BCUT2D eigenvalue weighted by Crippen LogP contribution is 2.20. The van der Waals surface area contributed by atoms with Crippen molar-refractivity contribution in [3.8, 4) is 11.3 Å². The number of benzene rings is 1. The molecule has 0 aliphatic heterocycles. The molecule has 3 aromatic rings. The van der Waals surface area contributed by atoms with Gasteiger partial charge in [0.25, 0.3) is 5.91 Å². The molecule has 1 aromatic carbocycles. The van der Waals surface area contributed by atoms with Crippen molar-refractivity contribution < 1.29 is 13.7 Å². The Morgan fingerprint density at radius 3 is 2.68 bits per heavy atom. The molecule has 0 aliphatic carbocycles. The van der Waals surface area contributed by atoms with E-state index in [-0.39, 0.29) is 18.2 Å². The number of hydrogen-bond donors (Lipinski definition) is 1. The van der Waals surface area contributed by atoms with Crippen molar-refractivity contribution in [1.82, 2.24) is 10.5 Å². The lowest BCUT2D eigenvalue weighted by molar-refractivity contribution is 0.0921. The average Bonchev–Trinajstić information content (AvgIpc) is 3.15. The zero-order valence-electron chi connectivity index (χ0n) is 11.8. The second kappa shape index (κ2) is 6.19. The molecule has 0 fully saturated rings. The number of nitrogens with one attached hydrogen (secondary N) is 1. The van der Waals surface area contributed by atoms with Gasteiger partial charge in [-0.1, -0.05) is 35.0 Å². The molecule has 0 saturated heterocycles. The van der Waals surface area contributed by atoms with Gasteiger partial charge in [0.05, 0.1) is 6.54 Å². The molecule has 0 bridgehead atoms. The van der Waals surface area contributed by atoms with Crippen LogP contribution in [0.1, 0.15) is 21.8 Å². The summed E-state index contributed by atoms with van der Waals surface area (Å²) in [7, 11) is 0. The van der Waals surface area contributed by atoms with E-state index in [4.69, 9.17) is 8.94 Å². The van der Waals surface area contributed by atoms with E-state index in [1.807, 2.05) is 37.3 Å². The van der Waals surface area contributed by atoms with Crippen LogP contribution < -0.4 is 5.32 Å². The Bertz CT molecular complexity index is 790. The van der Waals surface area contributed by atoms with Gasteiger partial charge in [-0.05, 0) is 35.0 Å². The minimum Gasteiger partial charge on any atom is -0.444 e. The number of amides is 1. The van der Waals surface area contributed by atoms with Crippen LogP contribution in [0.15, 0.2) is 56.1 Å². The van der Waals surface area contributed by atoms with Crippen LogP contribution in [0.25, 0.3) is 11.3 Å². The van der Waals surface area contributed by atoms with E-state index in [1.54, 1.807) is 12.1 Å². The Morgan fingerprint density at radius 2 is 2.00 bits per heavy atom. The van der Waals surface area contributed by atoms with Gasteiger partial charge in [0.15, 0.2) is 16.2 Å². The number of carbonyl (C=O) groups excluding carboxylic acids is 1. The summed E-state index contributed by atoms with van der Waals surface area (Å²) in [5.74, 6) is 0.615.